The maximum absolute atomic E-state index is 5.30. The summed E-state index contributed by atoms with van der Waals surface area (Å²) in [6.45, 7) is 0. The molecule has 1 aromatic carbocycles. The number of aromatic nitrogens is 5. The minimum Gasteiger partial charge on any atom is -0.333 e. The highest BCUT2D eigenvalue weighted by Crippen LogP contribution is 2.33. The molecule has 0 aliphatic carbocycles. The molecule has 1 N–H and O–H groups in total. The minimum atomic E-state index is 0.405. The van der Waals surface area contributed by atoms with E-state index in [1.165, 1.54) is 11.0 Å². The van der Waals surface area contributed by atoms with Crippen molar-refractivity contribution in [3.63, 3.8) is 0 Å². The van der Waals surface area contributed by atoms with E-state index in [0.717, 1.165) is 10.9 Å². The first-order valence-corrected chi connectivity index (χ1v) is 6.46. The molecule has 92 valence electrons. The highest BCUT2D eigenvalue weighted by molar-refractivity contribution is 7.17. The van der Waals surface area contributed by atoms with E-state index in [1.807, 2.05) is 23.6 Å². The number of hydrogen-bond donors (Lipinski definition) is 1. The predicted molar refractivity (Wildman–Crippen MR) is 70.5 cm³/mol. The Bertz CT molecular complexity index is 833. The summed E-state index contributed by atoms with van der Waals surface area (Å²) in [5.41, 5.74) is 0.943. The predicted octanol–water partition coefficient (Wildman–Crippen LogP) is 2.74. The quantitative estimate of drug-likeness (QED) is 0.605. The zero-order valence-electron chi connectivity index (χ0n) is 9.57. The number of hydrogen-bond acceptors (Lipinski definition) is 6. The lowest BCUT2D eigenvalue weighted by molar-refractivity contribution is 0.432. The molecule has 4 rings (SSSR count). The molecule has 6 nitrogen and oxygen atoms in total. The second-order valence-electron chi connectivity index (χ2n) is 3.90. The topological polar surface area (TPSA) is 80.5 Å². The van der Waals surface area contributed by atoms with E-state index in [-0.39, 0.29) is 0 Å². The summed E-state index contributed by atoms with van der Waals surface area (Å²) in [6.07, 6.45) is 1.41. The largest absolute Gasteiger partial charge is 0.333 e. The van der Waals surface area contributed by atoms with Gasteiger partial charge in [-0.15, -0.1) is 11.3 Å². The van der Waals surface area contributed by atoms with Crippen LogP contribution in [-0.4, -0.2) is 25.3 Å². The normalized spacial score (nSPS) is 11.2. The molecule has 7 heteroatoms. The SMILES string of the molecule is c1ccc2c(-c3nc(-c4ncn[nH]4)no3)csc2c1. The van der Waals surface area contributed by atoms with Gasteiger partial charge in [-0.2, -0.15) is 10.1 Å². The van der Waals surface area contributed by atoms with Crippen LogP contribution in [0.2, 0.25) is 0 Å². The second kappa shape index (κ2) is 3.99. The van der Waals surface area contributed by atoms with Gasteiger partial charge in [-0.25, -0.2) is 4.98 Å². The van der Waals surface area contributed by atoms with Crippen LogP contribution in [0.25, 0.3) is 33.2 Å². The Labute approximate surface area is 111 Å². The molecule has 0 aliphatic heterocycles. The fourth-order valence-corrected chi connectivity index (χ4v) is 2.82. The molecule has 0 fully saturated rings. The molecule has 0 spiro atoms. The zero-order valence-corrected chi connectivity index (χ0v) is 10.4. The van der Waals surface area contributed by atoms with Crippen molar-refractivity contribution in [3.8, 4) is 23.1 Å². The lowest BCUT2D eigenvalue weighted by atomic mass is 10.2. The van der Waals surface area contributed by atoms with Gasteiger partial charge in [-0.05, 0) is 6.07 Å². The van der Waals surface area contributed by atoms with Gasteiger partial charge in [0.25, 0.3) is 5.89 Å². The molecule has 3 heterocycles. The van der Waals surface area contributed by atoms with Crippen LogP contribution in [0.4, 0.5) is 0 Å². The summed E-state index contributed by atoms with van der Waals surface area (Å²) < 4.78 is 6.49. The summed E-state index contributed by atoms with van der Waals surface area (Å²) in [5, 5.41) is 13.5. The Balaban J connectivity index is 1.85. The molecule has 0 bridgehead atoms. The number of fused-ring (bicyclic) bond motifs is 1. The van der Waals surface area contributed by atoms with Crippen LogP contribution in [0, 0.1) is 0 Å². The van der Waals surface area contributed by atoms with E-state index in [1.54, 1.807) is 11.3 Å². The molecule has 0 saturated heterocycles. The van der Waals surface area contributed by atoms with Gasteiger partial charge in [0.05, 0.1) is 5.56 Å². The molecule has 4 aromatic rings. The Hall–Kier alpha value is -2.54. The minimum absolute atomic E-state index is 0.405. The first kappa shape index (κ1) is 10.4. The van der Waals surface area contributed by atoms with Crippen LogP contribution in [0.3, 0.4) is 0 Å². The Morgan fingerprint density at radius 2 is 2.16 bits per heavy atom. The van der Waals surface area contributed by atoms with E-state index >= 15 is 0 Å². The van der Waals surface area contributed by atoms with Crippen molar-refractivity contribution in [1.29, 1.82) is 0 Å². The highest BCUT2D eigenvalue weighted by atomic mass is 32.1. The summed E-state index contributed by atoms with van der Waals surface area (Å²) >= 11 is 1.65. The average molecular weight is 269 g/mol. The van der Waals surface area contributed by atoms with Gasteiger partial charge < -0.3 is 4.52 Å². The smallest absolute Gasteiger partial charge is 0.259 e. The van der Waals surface area contributed by atoms with Crippen molar-refractivity contribution in [2.45, 2.75) is 0 Å². The molecule has 3 aromatic heterocycles. The maximum atomic E-state index is 5.30. The number of rotatable bonds is 2. The van der Waals surface area contributed by atoms with Gasteiger partial charge in [0.1, 0.15) is 6.33 Å². The molecule has 0 saturated carbocycles. The molecular formula is C12H7N5OS. The van der Waals surface area contributed by atoms with E-state index in [2.05, 4.69) is 31.4 Å². The lowest BCUT2D eigenvalue weighted by Gasteiger charge is -1.90. The average Bonchev–Trinajstić information content (AvgIpc) is 3.18. The molecule has 0 unspecified atom stereocenters. The first-order valence-electron chi connectivity index (χ1n) is 5.58. The van der Waals surface area contributed by atoms with Crippen LogP contribution in [0.5, 0.6) is 0 Å². The Kier molecular flexibility index (Phi) is 2.18. The molecule has 19 heavy (non-hydrogen) atoms. The number of thiophene rings is 1. The number of benzene rings is 1. The van der Waals surface area contributed by atoms with Gasteiger partial charge >= 0.3 is 0 Å². The van der Waals surface area contributed by atoms with Gasteiger partial charge in [-0.3, -0.25) is 5.10 Å². The molecule has 0 aliphatic rings. The van der Waals surface area contributed by atoms with Crippen LogP contribution in [-0.2, 0) is 0 Å². The fourth-order valence-electron chi connectivity index (χ4n) is 1.89. The van der Waals surface area contributed by atoms with Crippen molar-refractivity contribution in [3.05, 3.63) is 36.0 Å². The fraction of sp³-hybridized carbons (Fsp3) is 0. The third-order valence-corrected chi connectivity index (χ3v) is 3.73. The zero-order chi connectivity index (χ0) is 12.7. The van der Waals surface area contributed by atoms with Crippen LogP contribution < -0.4 is 0 Å². The van der Waals surface area contributed by atoms with Gasteiger partial charge in [0, 0.05) is 15.5 Å². The third-order valence-electron chi connectivity index (χ3n) is 2.76. The number of nitrogens with one attached hydrogen (secondary N) is 1. The van der Waals surface area contributed by atoms with E-state index < -0.39 is 0 Å². The van der Waals surface area contributed by atoms with Crippen LogP contribution in [0.1, 0.15) is 0 Å². The lowest BCUT2D eigenvalue weighted by Crippen LogP contribution is -1.83. The number of aromatic amines is 1. The molecule has 0 amide bonds. The first-order chi connectivity index (χ1) is 9.42. The van der Waals surface area contributed by atoms with E-state index in [4.69, 9.17) is 4.52 Å². The van der Waals surface area contributed by atoms with Crippen LogP contribution >= 0.6 is 11.3 Å². The van der Waals surface area contributed by atoms with Crippen molar-refractivity contribution in [2.24, 2.45) is 0 Å². The summed E-state index contributed by atoms with van der Waals surface area (Å²) in [4.78, 5) is 8.33. The summed E-state index contributed by atoms with van der Waals surface area (Å²) in [7, 11) is 0. The molecule has 0 radical (unpaired) electrons. The van der Waals surface area contributed by atoms with Crippen molar-refractivity contribution in [1.82, 2.24) is 25.3 Å². The summed E-state index contributed by atoms with van der Waals surface area (Å²) in [6, 6.07) is 8.11. The number of H-pyrrole nitrogens is 1. The van der Waals surface area contributed by atoms with Crippen molar-refractivity contribution >= 4 is 21.4 Å². The van der Waals surface area contributed by atoms with Gasteiger partial charge in [-0.1, -0.05) is 23.4 Å². The van der Waals surface area contributed by atoms with Crippen molar-refractivity contribution < 1.29 is 4.52 Å². The molecular weight excluding hydrogens is 262 g/mol. The Morgan fingerprint density at radius 3 is 3.05 bits per heavy atom. The molecule has 0 atom stereocenters. The summed E-state index contributed by atoms with van der Waals surface area (Å²) in [5.74, 6) is 1.39. The third kappa shape index (κ3) is 1.63. The van der Waals surface area contributed by atoms with Gasteiger partial charge in [0.15, 0.2) is 5.82 Å². The number of nitrogens with zero attached hydrogens (tertiary/aromatic N) is 4. The highest BCUT2D eigenvalue weighted by Gasteiger charge is 2.15. The van der Waals surface area contributed by atoms with Crippen molar-refractivity contribution in [2.75, 3.05) is 0 Å². The van der Waals surface area contributed by atoms with Gasteiger partial charge in [0.2, 0.25) is 5.82 Å². The Morgan fingerprint density at radius 1 is 1.21 bits per heavy atom. The maximum Gasteiger partial charge on any atom is 0.259 e. The van der Waals surface area contributed by atoms with E-state index in [0.29, 0.717) is 17.5 Å². The second-order valence-corrected chi connectivity index (χ2v) is 4.81. The van der Waals surface area contributed by atoms with Crippen LogP contribution in [0.15, 0.2) is 40.5 Å². The standard InChI is InChI=1S/C12H7N5OS/c1-2-4-9-7(3-1)8(5-19-9)12-15-11(17-18-12)10-13-6-14-16-10/h1-6H,(H,13,14,16). The van der Waals surface area contributed by atoms with E-state index in [9.17, 15) is 0 Å². The monoisotopic (exact) mass is 269 g/mol.